The molecule has 0 bridgehead atoms. The highest BCUT2D eigenvalue weighted by Gasteiger charge is 2.29. The van der Waals surface area contributed by atoms with Gasteiger partial charge in [0.2, 0.25) is 5.91 Å². The van der Waals surface area contributed by atoms with Gasteiger partial charge in [0, 0.05) is 6.54 Å². The van der Waals surface area contributed by atoms with Crippen LogP contribution in [0.3, 0.4) is 0 Å². The largest absolute Gasteiger partial charge is 0.350 e. The number of benzene rings is 2. The number of aryl methyl sites for hydroxylation is 1. The normalized spacial score (nSPS) is 11.2. The maximum absolute atomic E-state index is 13.4. The van der Waals surface area contributed by atoms with Gasteiger partial charge in [0.15, 0.2) is 6.29 Å². The van der Waals surface area contributed by atoms with Crippen molar-refractivity contribution in [3.05, 3.63) is 80.0 Å². The molecule has 0 aliphatic rings. The van der Waals surface area contributed by atoms with Crippen molar-refractivity contribution in [3.8, 4) is 0 Å². The summed E-state index contributed by atoms with van der Waals surface area (Å²) < 4.78 is 27.7. The Balaban J connectivity index is 1.90. The summed E-state index contributed by atoms with van der Waals surface area (Å²) in [5.74, 6) is -0.536. The van der Waals surface area contributed by atoms with E-state index in [4.69, 9.17) is 23.2 Å². The van der Waals surface area contributed by atoms with E-state index in [1.807, 2.05) is 6.92 Å². The van der Waals surface area contributed by atoms with E-state index in [1.165, 1.54) is 35.6 Å². The van der Waals surface area contributed by atoms with E-state index in [2.05, 4.69) is 5.32 Å². The van der Waals surface area contributed by atoms with Crippen molar-refractivity contribution in [1.82, 2.24) is 5.32 Å². The molecule has 1 N–H and O–H groups in total. The number of nitrogens with one attached hydrogen (secondary N) is 1. The zero-order valence-electron chi connectivity index (χ0n) is 16.3. The molecule has 31 heavy (non-hydrogen) atoms. The van der Waals surface area contributed by atoms with Crippen LogP contribution < -0.4 is 9.62 Å². The molecule has 0 radical (unpaired) electrons. The fourth-order valence-electron chi connectivity index (χ4n) is 2.76. The third-order valence-corrected chi connectivity index (χ3v) is 7.87. The number of hydrogen-bond acceptors (Lipinski definition) is 5. The molecule has 1 heterocycles. The van der Waals surface area contributed by atoms with Gasteiger partial charge in [-0.3, -0.25) is 13.9 Å². The minimum absolute atomic E-state index is 0.0235. The summed E-state index contributed by atoms with van der Waals surface area (Å²) in [6.07, 6.45) is 0.729. The number of sulfonamides is 1. The second-order valence-electron chi connectivity index (χ2n) is 6.65. The van der Waals surface area contributed by atoms with E-state index in [0.717, 1.165) is 21.7 Å². The molecule has 0 spiro atoms. The molecule has 0 saturated heterocycles. The summed E-state index contributed by atoms with van der Waals surface area (Å²) in [7, 11) is -4.10. The van der Waals surface area contributed by atoms with Crippen LogP contribution in [0.4, 0.5) is 5.69 Å². The van der Waals surface area contributed by atoms with Crippen molar-refractivity contribution < 1.29 is 18.0 Å². The lowest BCUT2D eigenvalue weighted by Gasteiger charge is -2.25. The highest BCUT2D eigenvalue weighted by molar-refractivity contribution is 7.92. The van der Waals surface area contributed by atoms with Gasteiger partial charge in [-0.25, -0.2) is 8.42 Å². The van der Waals surface area contributed by atoms with E-state index in [1.54, 1.807) is 29.6 Å². The third kappa shape index (κ3) is 5.46. The average molecular weight is 497 g/mol. The Bertz CT molecular complexity index is 1210. The summed E-state index contributed by atoms with van der Waals surface area (Å²) in [5, 5.41) is 4.62. The van der Waals surface area contributed by atoms with Crippen LogP contribution in [-0.4, -0.2) is 27.2 Å². The van der Waals surface area contributed by atoms with Crippen LogP contribution in [-0.2, 0) is 21.4 Å². The van der Waals surface area contributed by atoms with Crippen LogP contribution in [0.25, 0.3) is 0 Å². The molecule has 0 atom stereocenters. The number of carbonyl (C=O) groups is 2. The molecule has 0 aliphatic heterocycles. The van der Waals surface area contributed by atoms with Gasteiger partial charge in [-0.2, -0.15) is 0 Å². The molecule has 0 unspecified atom stereocenters. The van der Waals surface area contributed by atoms with Crippen molar-refractivity contribution in [3.63, 3.8) is 0 Å². The van der Waals surface area contributed by atoms with E-state index in [0.29, 0.717) is 4.88 Å². The number of nitrogens with zero attached hydrogens (tertiary/aromatic N) is 1. The molecule has 0 fully saturated rings. The predicted octanol–water partition coefficient (Wildman–Crippen LogP) is 4.69. The molecule has 0 saturated carbocycles. The number of amides is 1. The summed E-state index contributed by atoms with van der Waals surface area (Å²) >= 11 is 13.6. The van der Waals surface area contributed by atoms with Gasteiger partial charge in [0.1, 0.15) is 6.54 Å². The molecule has 162 valence electrons. The summed E-state index contributed by atoms with van der Waals surface area (Å²) in [6, 6.07) is 12.5. The summed E-state index contributed by atoms with van der Waals surface area (Å²) in [4.78, 5) is 24.0. The maximum atomic E-state index is 13.4. The van der Waals surface area contributed by atoms with Crippen molar-refractivity contribution >= 4 is 62.4 Å². The Labute approximate surface area is 194 Å². The molecule has 3 aromatic rings. The first kappa shape index (κ1) is 23.3. The van der Waals surface area contributed by atoms with E-state index >= 15 is 0 Å². The third-order valence-electron chi connectivity index (χ3n) is 4.38. The van der Waals surface area contributed by atoms with E-state index < -0.39 is 22.5 Å². The highest BCUT2D eigenvalue weighted by Crippen LogP contribution is 2.35. The fraction of sp³-hybridized carbons (Fsp3) is 0.143. The minimum Gasteiger partial charge on any atom is -0.350 e. The second-order valence-corrected chi connectivity index (χ2v) is 10.2. The van der Waals surface area contributed by atoms with Crippen molar-refractivity contribution in [2.75, 3.05) is 10.8 Å². The molecule has 6 nitrogen and oxygen atoms in total. The quantitative estimate of drug-likeness (QED) is 0.458. The molecular weight excluding hydrogens is 479 g/mol. The van der Waals surface area contributed by atoms with Crippen molar-refractivity contribution in [2.45, 2.75) is 18.4 Å². The molecule has 2 aromatic carbocycles. The number of halogens is 2. The molecule has 3 rings (SSSR count). The summed E-state index contributed by atoms with van der Waals surface area (Å²) in [6.45, 7) is 1.50. The Morgan fingerprint density at radius 2 is 1.87 bits per heavy atom. The molecule has 0 aliphatic carbocycles. The first-order valence-electron chi connectivity index (χ1n) is 9.05. The highest BCUT2D eigenvalue weighted by atomic mass is 35.5. The Hall–Kier alpha value is -2.39. The number of aldehydes is 1. The van der Waals surface area contributed by atoms with Gasteiger partial charge in [-0.05, 0) is 48.2 Å². The smallest absolute Gasteiger partial charge is 0.264 e. The average Bonchev–Trinajstić information content (AvgIpc) is 3.21. The zero-order chi connectivity index (χ0) is 22.6. The Kier molecular flexibility index (Phi) is 7.38. The minimum atomic E-state index is -4.10. The van der Waals surface area contributed by atoms with Gasteiger partial charge in [-0.1, -0.05) is 47.0 Å². The molecule has 1 aromatic heterocycles. The number of carbonyl (C=O) groups excluding carboxylic acids is 2. The summed E-state index contributed by atoms with van der Waals surface area (Å²) in [5.41, 5.74) is 1.74. The first-order valence-corrected chi connectivity index (χ1v) is 12.1. The van der Waals surface area contributed by atoms with Crippen LogP contribution in [0.5, 0.6) is 0 Å². The molecular formula is C21H18Cl2N2O4S2. The van der Waals surface area contributed by atoms with Crippen LogP contribution >= 0.6 is 34.5 Å². The lowest BCUT2D eigenvalue weighted by Crippen LogP contribution is -2.40. The topological polar surface area (TPSA) is 83.6 Å². The van der Waals surface area contributed by atoms with Gasteiger partial charge >= 0.3 is 0 Å². The van der Waals surface area contributed by atoms with Crippen molar-refractivity contribution in [1.29, 1.82) is 0 Å². The lowest BCUT2D eigenvalue weighted by atomic mass is 10.2. The van der Waals surface area contributed by atoms with Crippen LogP contribution in [0.2, 0.25) is 10.0 Å². The Morgan fingerprint density at radius 1 is 1.16 bits per heavy atom. The van der Waals surface area contributed by atoms with Crippen LogP contribution in [0.1, 0.15) is 20.8 Å². The van der Waals surface area contributed by atoms with Gasteiger partial charge in [0.05, 0.1) is 25.5 Å². The number of hydrogen-bond donors (Lipinski definition) is 1. The van der Waals surface area contributed by atoms with Crippen LogP contribution in [0.15, 0.2) is 58.8 Å². The number of rotatable bonds is 8. The fourth-order valence-corrected chi connectivity index (χ4v) is 5.35. The first-order chi connectivity index (χ1) is 14.7. The maximum Gasteiger partial charge on any atom is 0.264 e. The van der Waals surface area contributed by atoms with Gasteiger partial charge in [-0.15, -0.1) is 11.3 Å². The second kappa shape index (κ2) is 9.82. The molecule has 10 heteroatoms. The van der Waals surface area contributed by atoms with E-state index in [9.17, 15) is 18.0 Å². The monoisotopic (exact) mass is 496 g/mol. The lowest BCUT2D eigenvalue weighted by molar-refractivity contribution is -0.119. The van der Waals surface area contributed by atoms with E-state index in [-0.39, 0.29) is 27.2 Å². The standard InChI is InChI=1S/C21H18Cl2N2O4S2/c1-14-5-7-17(8-6-14)31(28,29)25(19-4-2-3-18(22)21(19)23)11-20(27)24-10-15-9-16(12-26)30-13-15/h2-9,12-13H,10-11H2,1H3,(H,24,27). The SMILES string of the molecule is Cc1ccc(S(=O)(=O)N(CC(=O)NCc2csc(C=O)c2)c2cccc(Cl)c2Cl)cc1. The van der Waals surface area contributed by atoms with Gasteiger partial charge in [0.25, 0.3) is 10.0 Å². The number of thiophene rings is 1. The zero-order valence-corrected chi connectivity index (χ0v) is 19.5. The van der Waals surface area contributed by atoms with Crippen molar-refractivity contribution in [2.24, 2.45) is 0 Å². The molecule has 1 amide bonds. The number of anilines is 1. The van der Waals surface area contributed by atoms with Crippen LogP contribution in [0, 0.1) is 6.92 Å². The Morgan fingerprint density at radius 3 is 2.52 bits per heavy atom. The predicted molar refractivity (Wildman–Crippen MR) is 124 cm³/mol. The van der Waals surface area contributed by atoms with Gasteiger partial charge < -0.3 is 5.32 Å².